The Morgan fingerprint density at radius 2 is 1.85 bits per heavy atom. The van der Waals surface area contributed by atoms with E-state index in [0.29, 0.717) is 6.61 Å². The van der Waals surface area contributed by atoms with Crippen LogP contribution in [-0.4, -0.2) is 19.1 Å². The summed E-state index contributed by atoms with van der Waals surface area (Å²) in [5, 5.41) is 0. The standard InChI is InChI=1S/C23H25NO2S/c1-3-5-6-9-16-24-19-10-7-8-11-21(19)27-22-17-18(12-14-20(22)24)13-15-23(25)26-4-2/h7-8,10-12,14,17H,3-6,9,16H2,1-2H3. The number of fused-ring (bicyclic) bond motifs is 2. The molecule has 0 spiro atoms. The third kappa shape index (κ3) is 4.87. The van der Waals surface area contributed by atoms with Gasteiger partial charge in [-0.3, -0.25) is 0 Å². The van der Waals surface area contributed by atoms with Crippen LogP contribution in [0.15, 0.2) is 52.3 Å². The average molecular weight is 380 g/mol. The predicted molar refractivity (Wildman–Crippen MR) is 112 cm³/mol. The molecule has 2 aromatic carbocycles. The van der Waals surface area contributed by atoms with Gasteiger partial charge in [0.25, 0.3) is 0 Å². The summed E-state index contributed by atoms with van der Waals surface area (Å²) in [6.07, 6.45) is 4.95. The number of para-hydroxylation sites is 1. The van der Waals surface area contributed by atoms with Crippen LogP contribution in [0, 0.1) is 11.8 Å². The van der Waals surface area contributed by atoms with E-state index in [0.717, 1.165) is 12.1 Å². The fourth-order valence-corrected chi connectivity index (χ4v) is 4.27. The van der Waals surface area contributed by atoms with Gasteiger partial charge < -0.3 is 9.64 Å². The highest BCUT2D eigenvalue weighted by Gasteiger charge is 2.22. The zero-order valence-electron chi connectivity index (χ0n) is 16.0. The summed E-state index contributed by atoms with van der Waals surface area (Å²) in [6, 6.07) is 14.7. The van der Waals surface area contributed by atoms with Crippen molar-refractivity contribution in [2.45, 2.75) is 49.3 Å². The van der Waals surface area contributed by atoms with Crippen LogP contribution in [0.2, 0.25) is 0 Å². The van der Waals surface area contributed by atoms with E-state index >= 15 is 0 Å². The van der Waals surface area contributed by atoms with Crippen LogP contribution >= 0.6 is 11.8 Å². The summed E-state index contributed by atoms with van der Waals surface area (Å²) >= 11 is 1.76. The summed E-state index contributed by atoms with van der Waals surface area (Å²) in [7, 11) is 0. The first-order chi connectivity index (χ1) is 13.2. The highest BCUT2D eigenvalue weighted by atomic mass is 32.2. The van der Waals surface area contributed by atoms with E-state index in [1.165, 1.54) is 46.8 Å². The zero-order chi connectivity index (χ0) is 19.1. The first-order valence-electron chi connectivity index (χ1n) is 9.60. The lowest BCUT2D eigenvalue weighted by molar-refractivity contribution is -0.136. The predicted octanol–water partition coefficient (Wildman–Crippen LogP) is 5.78. The van der Waals surface area contributed by atoms with Crippen LogP contribution in [0.4, 0.5) is 11.4 Å². The maximum Gasteiger partial charge on any atom is 0.384 e. The molecule has 1 aliphatic heterocycles. The Balaban J connectivity index is 1.86. The SMILES string of the molecule is CCCCCCN1c2ccccc2Sc2cc(C#CC(=O)OCC)ccc21. The van der Waals surface area contributed by atoms with Crippen molar-refractivity contribution in [3.8, 4) is 11.8 Å². The van der Waals surface area contributed by atoms with Crippen molar-refractivity contribution in [1.82, 2.24) is 0 Å². The molecule has 0 bridgehead atoms. The molecule has 0 amide bonds. The Bertz CT molecular complexity index is 866. The molecule has 140 valence electrons. The van der Waals surface area contributed by atoms with E-state index in [-0.39, 0.29) is 0 Å². The molecule has 3 nitrogen and oxygen atoms in total. The number of benzene rings is 2. The number of carbonyl (C=O) groups excluding carboxylic acids is 1. The number of rotatable bonds is 6. The maximum atomic E-state index is 11.5. The van der Waals surface area contributed by atoms with E-state index in [1.807, 2.05) is 6.07 Å². The number of hydrogen-bond acceptors (Lipinski definition) is 4. The van der Waals surface area contributed by atoms with Gasteiger partial charge in [-0.15, -0.1) is 0 Å². The Morgan fingerprint density at radius 3 is 2.67 bits per heavy atom. The molecule has 0 atom stereocenters. The van der Waals surface area contributed by atoms with Gasteiger partial charge in [-0.1, -0.05) is 56.0 Å². The fraction of sp³-hybridized carbons (Fsp3) is 0.348. The van der Waals surface area contributed by atoms with Crippen molar-refractivity contribution in [2.75, 3.05) is 18.1 Å². The van der Waals surface area contributed by atoms with Crippen molar-refractivity contribution in [3.63, 3.8) is 0 Å². The first-order valence-corrected chi connectivity index (χ1v) is 10.4. The lowest BCUT2D eigenvalue weighted by Crippen LogP contribution is -2.22. The Morgan fingerprint density at radius 1 is 1.04 bits per heavy atom. The van der Waals surface area contributed by atoms with Gasteiger partial charge in [0.15, 0.2) is 0 Å². The van der Waals surface area contributed by atoms with Gasteiger partial charge in [0.2, 0.25) is 0 Å². The summed E-state index contributed by atoms with van der Waals surface area (Å²) in [6.45, 7) is 5.37. The average Bonchev–Trinajstić information content (AvgIpc) is 2.69. The fourth-order valence-electron chi connectivity index (χ4n) is 3.14. The molecule has 27 heavy (non-hydrogen) atoms. The maximum absolute atomic E-state index is 11.5. The van der Waals surface area contributed by atoms with E-state index in [9.17, 15) is 4.79 Å². The minimum atomic E-state index is -0.481. The van der Waals surface area contributed by atoms with Crippen molar-refractivity contribution >= 4 is 29.1 Å². The molecule has 3 rings (SSSR count). The largest absolute Gasteiger partial charge is 0.456 e. The minimum Gasteiger partial charge on any atom is -0.456 e. The summed E-state index contributed by atoms with van der Waals surface area (Å²) in [5.41, 5.74) is 3.33. The van der Waals surface area contributed by atoms with Crippen molar-refractivity contribution < 1.29 is 9.53 Å². The second kappa shape index (κ2) is 9.53. The van der Waals surface area contributed by atoms with Gasteiger partial charge in [0.1, 0.15) is 0 Å². The minimum absolute atomic E-state index is 0.345. The lowest BCUT2D eigenvalue weighted by Gasteiger charge is -2.33. The molecule has 0 aliphatic carbocycles. The van der Waals surface area contributed by atoms with Crippen LogP contribution in [-0.2, 0) is 9.53 Å². The van der Waals surface area contributed by atoms with Gasteiger partial charge in [0, 0.05) is 27.8 Å². The molecule has 0 aromatic heterocycles. The molecule has 0 fully saturated rings. The van der Waals surface area contributed by atoms with Gasteiger partial charge in [-0.25, -0.2) is 4.79 Å². The first kappa shape index (κ1) is 19.4. The zero-order valence-corrected chi connectivity index (χ0v) is 16.8. The molecule has 0 unspecified atom stereocenters. The van der Waals surface area contributed by atoms with Gasteiger partial charge in [-0.2, -0.15) is 0 Å². The highest BCUT2D eigenvalue weighted by molar-refractivity contribution is 7.99. The quantitative estimate of drug-likeness (QED) is 0.361. The number of unbranched alkanes of at least 4 members (excludes halogenated alkanes) is 3. The van der Waals surface area contributed by atoms with E-state index in [1.54, 1.807) is 18.7 Å². The molecule has 0 saturated carbocycles. The van der Waals surface area contributed by atoms with Crippen LogP contribution < -0.4 is 4.90 Å². The monoisotopic (exact) mass is 379 g/mol. The number of hydrogen-bond donors (Lipinski definition) is 0. The summed E-state index contributed by atoms with van der Waals surface area (Å²) in [4.78, 5) is 16.3. The van der Waals surface area contributed by atoms with Crippen molar-refractivity contribution in [2.24, 2.45) is 0 Å². The van der Waals surface area contributed by atoms with Crippen LogP contribution in [0.1, 0.15) is 45.1 Å². The third-order valence-electron chi connectivity index (χ3n) is 4.45. The number of carbonyl (C=O) groups is 1. The van der Waals surface area contributed by atoms with Gasteiger partial charge >= 0.3 is 5.97 Å². The second-order valence-corrected chi connectivity index (χ2v) is 7.52. The normalized spacial score (nSPS) is 11.9. The van der Waals surface area contributed by atoms with Gasteiger partial charge in [0.05, 0.1) is 18.0 Å². The lowest BCUT2D eigenvalue weighted by atomic mass is 10.1. The van der Waals surface area contributed by atoms with Crippen LogP contribution in [0.5, 0.6) is 0 Å². The number of nitrogens with zero attached hydrogens (tertiary/aromatic N) is 1. The second-order valence-electron chi connectivity index (χ2n) is 6.44. The molecule has 0 radical (unpaired) electrons. The highest BCUT2D eigenvalue weighted by Crippen LogP contribution is 2.48. The topological polar surface area (TPSA) is 29.5 Å². The molecule has 0 saturated heterocycles. The molecule has 4 heteroatoms. The van der Waals surface area contributed by atoms with Crippen LogP contribution in [0.3, 0.4) is 0 Å². The molecule has 1 aliphatic rings. The van der Waals surface area contributed by atoms with E-state index < -0.39 is 5.97 Å². The summed E-state index contributed by atoms with van der Waals surface area (Å²) in [5.74, 6) is 4.99. The van der Waals surface area contributed by atoms with E-state index in [2.05, 4.69) is 60.1 Å². The number of anilines is 2. The molecular weight excluding hydrogens is 354 g/mol. The summed E-state index contributed by atoms with van der Waals surface area (Å²) < 4.78 is 4.88. The smallest absolute Gasteiger partial charge is 0.384 e. The Labute approximate surface area is 166 Å². The van der Waals surface area contributed by atoms with E-state index in [4.69, 9.17) is 4.74 Å². The van der Waals surface area contributed by atoms with Crippen molar-refractivity contribution in [1.29, 1.82) is 0 Å². The van der Waals surface area contributed by atoms with Crippen molar-refractivity contribution in [3.05, 3.63) is 48.0 Å². The molecule has 0 N–H and O–H groups in total. The van der Waals surface area contributed by atoms with Crippen LogP contribution in [0.25, 0.3) is 0 Å². The van der Waals surface area contributed by atoms with Gasteiger partial charge in [-0.05, 0) is 43.7 Å². The number of ether oxygens (including phenoxy) is 1. The number of esters is 1. The third-order valence-corrected chi connectivity index (χ3v) is 5.56. The molecule has 1 heterocycles. The Hall–Kier alpha value is -2.38. The molecule has 2 aromatic rings. The Kier molecular flexibility index (Phi) is 6.84. The molecular formula is C23H25NO2S.